The standard InChI is InChI=1S/C18H30N2O/c1-3-16-11-17(20(2)19-16)12-18(21)15-9-8-13-6-4-5-7-14(13)10-15/h11,13-15,18,21H,3-10,12H2,1-2H3. The Kier molecular flexibility index (Phi) is 4.68. The first-order valence-corrected chi connectivity index (χ1v) is 8.87. The van der Waals surface area contributed by atoms with E-state index in [0.29, 0.717) is 5.92 Å². The molecule has 3 nitrogen and oxygen atoms in total. The lowest BCUT2D eigenvalue weighted by Gasteiger charge is -2.40. The van der Waals surface area contributed by atoms with Crippen molar-refractivity contribution >= 4 is 0 Å². The van der Waals surface area contributed by atoms with Crippen molar-refractivity contribution in [3.63, 3.8) is 0 Å². The molecule has 2 aliphatic rings. The first-order chi connectivity index (χ1) is 10.2. The third-order valence-corrected chi connectivity index (χ3v) is 5.93. The van der Waals surface area contributed by atoms with Crippen LogP contribution >= 0.6 is 0 Å². The van der Waals surface area contributed by atoms with Gasteiger partial charge in [0.05, 0.1) is 11.8 Å². The van der Waals surface area contributed by atoms with Crippen LogP contribution < -0.4 is 0 Å². The van der Waals surface area contributed by atoms with Gasteiger partial charge in [-0.3, -0.25) is 4.68 Å². The number of aliphatic hydroxyl groups is 1. The number of aryl methyl sites for hydroxylation is 2. The molecule has 1 N–H and O–H groups in total. The molecule has 2 saturated carbocycles. The summed E-state index contributed by atoms with van der Waals surface area (Å²) in [6, 6.07) is 2.16. The molecule has 0 aromatic carbocycles. The van der Waals surface area contributed by atoms with Gasteiger partial charge in [0, 0.05) is 19.2 Å². The Bertz CT molecular complexity index is 468. The molecule has 0 amide bonds. The zero-order chi connectivity index (χ0) is 14.8. The van der Waals surface area contributed by atoms with Crippen LogP contribution in [0.5, 0.6) is 0 Å². The van der Waals surface area contributed by atoms with Crippen LogP contribution in [0, 0.1) is 17.8 Å². The summed E-state index contributed by atoms with van der Waals surface area (Å²) in [5, 5.41) is 15.2. The van der Waals surface area contributed by atoms with E-state index in [0.717, 1.165) is 30.4 Å². The lowest BCUT2D eigenvalue weighted by Crippen LogP contribution is -2.34. The molecule has 1 aromatic rings. The number of aromatic nitrogens is 2. The van der Waals surface area contributed by atoms with E-state index in [1.54, 1.807) is 0 Å². The number of hydrogen-bond acceptors (Lipinski definition) is 2. The Balaban J connectivity index is 1.60. The van der Waals surface area contributed by atoms with Gasteiger partial charge in [-0.05, 0) is 49.5 Å². The Morgan fingerprint density at radius 2 is 2.00 bits per heavy atom. The molecule has 3 heteroatoms. The van der Waals surface area contributed by atoms with E-state index in [1.165, 1.54) is 50.6 Å². The van der Waals surface area contributed by atoms with E-state index in [4.69, 9.17) is 0 Å². The molecule has 2 aliphatic carbocycles. The SMILES string of the molecule is CCc1cc(CC(O)C2CCC3CCCCC3C2)n(C)n1. The molecule has 0 radical (unpaired) electrons. The molecule has 0 saturated heterocycles. The minimum atomic E-state index is -0.187. The fraction of sp³-hybridized carbons (Fsp3) is 0.833. The van der Waals surface area contributed by atoms with Gasteiger partial charge in [0.1, 0.15) is 0 Å². The van der Waals surface area contributed by atoms with Crippen LogP contribution in [0.4, 0.5) is 0 Å². The van der Waals surface area contributed by atoms with Gasteiger partial charge in [0.25, 0.3) is 0 Å². The quantitative estimate of drug-likeness (QED) is 0.921. The molecule has 4 atom stereocenters. The highest BCUT2D eigenvalue weighted by molar-refractivity contribution is 5.11. The van der Waals surface area contributed by atoms with Gasteiger partial charge in [0.2, 0.25) is 0 Å². The predicted octanol–water partition coefficient (Wildman–Crippen LogP) is 3.49. The zero-order valence-electron chi connectivity index (χ0n) is 13.6. The van der Waals surface area contributed by atoms with E-state index < -0.39 is 0 Å². The summed E-state index contributed by atoms with van der Waals surface area (Å²) in [5.41, 5.74) is 2.32. The summed E-state index contributed by atoms with van der Waals surface area (Å²) in [6.07, 6.45) is 11.1. The summed E-state index contributed by atoms with van der Waals surface area (Å²) >= 11 is 0. The van der Waals surface area contributed by atoms with Crippen LogP contribution in [0.1, 0.15) is 63.3 Å². The molecule has 21 heavy (non-hydrogen) atoms. The molecule has 118 valence electrons. The van der Waals surface area contributed by atoms with Crippen LogP contribution in [-0.2, 0) is 19.9 Å². The predicted molar refractivity (Wildman–Crippen MR) is 85.1 cm³/mol. The maximum absolute atomic E-state index is 10.7. The fourth-order valence-corrected chi connectivity index (χ4v) is 4.58. The van der Waals surface area contributed by atoms with Crippen LogP contribution in [-0.4, -0.2) is 21.0 Å². The summed E-state index contributed by atoms with van der Waals surface area (Å²) in [6.45, 7) is 2.13. The van der Waals surface area contributed by atoms with Crippen LogP contribution in [0.15, 0.2) is 6.07 Å². The first-order valence-electron chi connectivity index (χ1n) is 8.87. The summed E-state index contributed by atoms with van der Waals surface area (Å²) < 4.78 is 1.95. The smallest absolute Gasteiger partial charge is 0.0624 e. The lowest BCUT2D eigenvalue weighted by molar-refractivity contribution is 0.0351. The minimum absolute atomic E-state index is 0.187. The van der Waals surface area contributed by atoms with E-state index in [9.17, 15) is 5.11 Å². The summed E-state index contributed by atoms with van der Waals surface area (Å²) in [5.74, 6) is 2.36. The second-order valence-electron chi connectivity index (χ2n) is 7.25. The van der Waals surface area contributed by atoms with E-state index in [-0.39, 0.29) is 6.10 Å². The number of fused-ring (bicyclic) bond motifs is 1. The maximum Gasteiger partial charge on any atom is 0.0624 e. The third kappa shape index (κ3) is 3.33. The highest BCUT2D eigenvalue weighted by Crippen LogP contribution is 2.43. The van der Waals surface area contributed by atoms with Crippen LogP contribution in [0.25, 0.3) is 0 Å². The molecule has 4 unspecified atom stereocenters. The topological polar surface area (TPSA) is 38.0 Å². The molecular weight excluding hydrogens is 260 g/mol. The van der Waals surface area contributed by atoms with Crippen molar-refractivity contribution in [3.05, 3.63) is 17.5 Å². The van der Waals surface area contributed by atoms with Crippen molar-refractivity contribution in [2.24, 2.45) is 24.8 Å². The minimum Gasteiger partial charge on any atom is -0.392 e. The summed E-state index contributed by atoms with van der Waals surface area (Å²) in [4.78, 5) is 0. The van der Waals surface area contributed by atoms with Crippen molar-refractivity contribution in [2.75, 3.05) is 0 Å². The lowest BCUT2D eigenvalue weighted by atomic mass is 9.66. The van der Waals surface area contributed by atoms with Gasteiger partial charge >= 0.3 is 0 Å². The molecule has 1 aromatic heterocycles. The average molecular weight is 290 g/mol. The van der Waals surface area contributed by atoms with E-state index >= 15 is 0 Å². The normalized spacial score (nSPS) is 30.9. The Hall–Kier alpha value is -0.830. The molecule has 1 heterocycles. The zero-order valence-corrected chi connectivity index (χ0v) is 13.6. The second kappa shape index (κ2) is 6.51. The number of rotatable bonds is 4. The Morgan fingerprint density at radius 1 is 1.24 bits per heavy atom. The van der Waals surface area contributed by atoms with Crippen molar-refractivity contribution in [3.8, 4) is 0 Å². The van der Waals surface area contributed by atoms with Gasteiger partial charge in [-0.1, -0.05) is 32.6 Å². The van der Waals surface area contributed by atoms with Crippen LogP contribution in [0.3, 0.4) is 0 Å². The second-order valence-corrected chi connectivity index (χ2v) is 7.25. The maximum atomic E-state index is 10.7. The van der Waals surface area contributed by atoms with Gasteiger partial charge in [-0.15, -0.1) is 0 Å². The van der Waals surface area contributed by atoms with Crippen molar-refractivity contribution in [2.45, 2.75) is 70.8 Å². The molecule has 0 spiro atoms. The number of aliphatic hydroxyl groups excluding tert-OH is 1. The number of hydrogen-bond donors (Lipinski definition) is 1. The van der Waals surface area contributed by atoms with Gasteiger partial charge in [-0.25, -0.2) is 0 Å². The van der Waals surface area contributed by atoms with E-state index in [1.807, 2.05) is 11.7 Å². The highest BCUT2D eigenvalue weighted by atomic mass is 16.3. The molecule has 0 bridgehead atoms. The summed E-state index contributed by atoms with van der Waals surface area (Å²) in [7, 11) is 2.00. The van der Waals surface area contributed by atoms with Crippen molar-refractivity contribution in [1.29, 1.82) is 0 Å². The van der Waals surface area contributed by atoms with Crippen molar-refractivity contribution < 1.29 is 5.11 Å². The molecular formula is C18H30N2O. The Labute approximate surface area is 128 Å². The Morgan fingerprint density at radius 3 is 2.71 bits per heavy atom. The van der Waals surface area contributed by atoms with E-state index in [2.05, 4.69) is 18.1 Å². The van der Waals surface area contributed by atoms with Crippen molar-refractivity contribution in [1.82, 2.24) is 9.78 Å². The number of nitrogens with zero attached hydrogens (tertiary/aromatic N) is 2. The van der Waals surface area contributed by atoms with Crippen LogP contribution in [0.2, 0.25) is 0 Å². The largest absolute Gasteiger partial charge is 0.392 e. The van der Waals surface area contributed by atoms with Gasteiger partial charge in [-0.2, -0.15) is 5.10 Å². The molecule has 3 rings (SSSR count). The van der Waals surface area contributed by atoms with Gasteiger partial charge in [0.15, 0.2) is 0 Å². The highest BCUT2D eigenvalue weighted by Gasteiger charge is 2.35. The monoisotopic (exact) mass is 290 g/mol. The third-order valence-electron chi connectivity index (χ3n) is 5.93. The average Bonchev–Trinajstić information content (AvgIpc) is 2.87. The molecule has 2 fully saturated rings. The fourth-order valence-electron chi connectivity index (χ4n) is 4.58. The first kappa shape index (κ1) is 15.1. The molecule has 0 aliphatic heterocycles. The van der Waals surface area contributed by atoms with Gasteiger partial charge < -0.3 is 5.11 Å².